The Bertz CT molecular complexity index is 323. The first-order valence-electron chi connectivity index (χ1n) is 5.34. The van der Waals surface area contributed by atoms with Crippen molar-refractivity contribution in [3.05, 3.63) is 24.8 Å². The fraction of sp³-hybridized carbons (Fsp3) is 0.500. The lowest BCUT2D eigenvalue weighted by atomic mass is 10.1. The van der Waals surface area contributed by atoms with Crippen LogP contribution < -0.4 is 0 Å². The van der Waals surface area contributed by atoms with Gasteiger partial charge >= 0.3 is 11.9 Å². The summed E-state index contributed by atoms with van der Waals surface area (Å²) >= 11 is 0. The van der Waals surface area contributed by atoms with Gasteiger partial charge in [0, 0.05) is 13.8 Å². The van der Waals surface area contributed by atoms with Crippen molar-refractivity contribution in [3.63, 3.8) is 0 Å². The van der Waals surface area contributed by atoms with Crippen molar-refractivity contribution in [2.45, 2.75) is 32.2 Å². The number of rotatable bonds is 7. The molecular formula is C12H18O6. The normalized spacial score (nSPS) is 15.8. The van der Waals surface area contributed by atoms with Crippen LogP contribution >= 0.6 is 0 Å². The molecule has 0 fully saturated rings. The summed E-state index contributed by atoms with van der Waals surface area (Å²) in [6.07, 6.45) is 0.650. The van der Waals surface area contributed by atoms with E-state index in [-0.39, 0.29) is 6.61 Å². The maximum absolute atomic E-state index is 10.8. The third-order valence-corrected chi connectivity index (χ3v) is 1.88. The van der Waals surface area contributed by atoms with E-state index < -0.39 is 30.3 Å². The van der Waals surface area contributed by atoms with Gasteiger partial charge in [-0.05, 0) is 6.08 Å². The SMILES string of the molecule is C=CC(O)C(O)C=CC(COC(C)=O)OC(C)=O. The molecule has 102 valence electrons. The van der Waals surface area contributed by atoms with E-state index >= 15 is 0 Å². The molecule has 0 bridgehead atoms. The van der Waals surface area contributed by atoms with Crippen LogP contribution in [0.2, 0.25) is 0 Å². The Morgan fingerprint density at radius 1 is 1.17 bits per heavy atom. The second-order valence-corrected chi connectivity index (χ2v) is 3.55. The van der Waals surface area contributed by atoms with Gasteiger partial charge in [0.1, 0.15) is 18.8 Å². The zero-order chi connectivity index (χ0) is 14.1. The number of ether oxygens (including phenoxy) is 2. The molecule has 0 heterocycles. The molecule has 0 aromatic heterocycles. The molecule has 0 aromatic carbocycles. The summed E-state index contributed by atoms with van der Waals surface area (Å²) in [4.78, 5) is 21.4. The molecule has 0 saturated carbocycles. The summed E-state index contributed by atoms with van der Waals surface area (Å²) < 4.78 is 9.54. The molecule has 6 nitrogen and oxygen atoms in total. The van der Waals surface area contributed by atoms with Crippen molar-refractivity contribution in [1.82, 2.24) is 0 Å². The number of aliphatic hydroxyl groups excluding tert-OH is 2. The molecular weight excluding hydrogens is 240 g/mol. The van der Waals surface area contributed by atoms with E-state index in [2.05, 4.69) is 6.58 Å². The van der Waals surface area contributed by atoms with Crippen LogP contribution in [0.4, 0.5) is 0 Å². The number of carbonyl (C=O) groups is 2. The minimum absolute atomic E-state index is 0.150. The predicted molar refractivity (Wildman–Crippen MR) is 63.5 cm³/mol. The van der Waals surface area contributed by atoms with Crippen molar-refractivity contribution in [3.8, 4) is 0 Å². The van der Waals surface area contributed by atoms with Gasteiger partial charge in [-0.1, -0.05) is 12.2 Å². The molecule has 0 spiro atoms. The number of carbonyl (C=O) groups excluding carboxylic acids is 2. The number of hydrogen-bond donors (Lipinski definition) is 2. The van der Waals surface area contributed by atoms with Crippen LogP contribution in [0.3, 0.4) is 0 Å². The molecule has 18 heavy (non-hydrogen) atoms. The van der Waals surface area contributed by atoms with E-state index in [1.165, 1.54) is 32.1 Å². The van der Waals surface area contributed by atoms with Gasteiger partial charge in [0.05, 0.1) is 0 Å². The molecule has 2 N–H and O–H groups in total. The lowest BCUT2D eigenvalue weighted by molar-refractivity contribution is -0.153. The lowest BCUT2D eigenvalue weighted by Gasteiger charge is -2.14. The zero-order valence-electron chi connectivity index (χ0n) is 10.4. The first kappa shape index (κ1) is 16.3. The van der Waals surface area contributed by atoms with Crippen LogP contribution in [0.1, 0.15) is 13.8 Å². The van der Waals surface area contributed by atoms with E-state index in [4.69, 9.17) is 9.47 Å². The predicted octanol–water partition coefficient (Wildman–Crippen LogP) is -0.0548. The maximum Gasteiger partial charge on any atom is 0.303 e. The summed E-state index contributed by atoms with van der Waals surface area (Å²) in [7, 11) is 0. The van der Waals surface area contributed by atoms with E-state index in [1.807, 2.05) is 0 Å². The Morgan fingerprint density at radius 3 is 2.22 bits per heavy atom. The van der Waals surface area contributed by atoms with Crippen LogP contribution in [-0.2, 0) is 19.1 Å². The monoisotopic (exact) mass is 258 g/mol. The van der Waals surface area contributed by atoms with Gasteiger partial charge in [-0.2, -0.15) is 0 Å². The van der Waals surface area contributed by atoms with Crippen LogP contribution in [0.25, 0.3) is 0 Å². The van der Waals surface area contributed by atoms with E-state index in [9.17, 15) is 19.8 Å². The van der Waals surface area contributed by atoms with Crippen molar-refractivity contribution >= 4 is 11.9 Å². The Hall–Kier alpha value is -1.66. The summed E-state index contributed by atoms with van der Waals surface area (Å²) in [6, 6.07) is 0. The highest BCUT2D eigenvalue weighted by Gasteiger charge is 2.13. The third-order valence-electron chi connectivity index (χ3n) is 1.88. The fourth-order valence-corrected chi connectivity index (χ4v) is 1.03. The second-order valence-electron chi connectivity index (χ2n) is 3.55. The van der Waals surface area contributed by atoms with Gasteiger partial charge in [-0.15, -0.1) is 6.58 Å². The van der Waals surface area contributed by atoms with Crippen LogP contribution in [0, 0.1) is 0 Å². The summed E-state index contributed by atoms with van der Waals surface area (Å²) in [5, 5.41) is 18.6. The first-order valence-corrected chi connectivity index (χ1v) is 5.34. The number of esters is 2. The summed E-state index contributed by atoms with van der Waals surface area (Å²) in [5.41, 5.74) is 0. The van der Waals surface area contributed by atoms with Crippen molar-refractivity contribution in [2.24, 2.45) is 0 Å². The maximum atomic E-state index is 10.8. The van der Waals surface area contributed by atoms with Crippen molar-refractivity contribution in [1.29, 1.82) is 0 Å². The molecule has 0 aliphatic heterocycles. The minimum Gasteiger partial charge on any atom is -0.462 e. The molecule has 3 unspecified atom stereocenters. The highest BCUT2D eigenvalue weighted by atomic mass is 16.6. The summed E-state index contributed by atoms with van der Waals surface area (Å²) in [6.45, 7) is 5.61. The van der Waals surface area contributed by atoms with Crippen LogP contribution in [0.5, 0.6) is 0 Å². The highest BCUT2D eigenvalue weighted by Crippen LogP contribution is 2.02. The van der Waals surface area contributed by atoms with E-state index in [0.29, 0.717) is 0 Å². The number of aliphatic hydroxyl groups is 2. The van der Waals surface area contributed by atoms with Crippen LogP contribution in [-0.4, -0.2) is 47.1 Å². The lowest BCUT2D eigenvalue weighted by Crippen LogP contribution is -2.24. The molecule has 0 aliphatic carbocycles. The molecule has 0 saturated heterocycles. The van der Waals surface area contributed by atoms with Gasteiger partial charge in [-0.3, -0.25) is 9.59 Å². The van der Waals surface area contributed by atoms with E-state index in [1.54, 1.807) is 0 Å². The smallest absolute Gasteiger partial charge is 0.303 e. The Labute approximate surface area is 106 Å². The molecule has 0 aliphatic rings. The van der Waals surface area contributed by atoms with Gasteiger partial charge in [0.2, 0.25) is 0 Å². The Kier molecular flexibility index (Phi) is 7.66. The average molecular weight is 258 g/mol. The molecule has 3 atom stereocenters. The summed E-state index contributed by atoms with van der Waals surface area (Å²) in [5.74, 6) is -1.05. The second kappa shape index (κ2) is 8.43. The van der Waals surface area contributed by atoms with E-state index in [0.717, 1.165) is 0 Å². The largest absolute Gasteiger partial charge is 0.462 e. The Balaban J connectivity index is 4.46. The molecule has 0 rings (SSSR count). The van der Waals surface area contributed by atoms with Gasteiger partial charge < -0.3 is 19.7 Å². The molecule has 0 amide bonds. The fourth-order valence-electron chi connectivity index (χ4n) is 1.03. The quantitative estimate of drug-likeness (QED) is 0.491. The Morgan fingerprint density at radius 2 is 1.78 bits per heavy atom. The highest BCUT2D eigenvalue weighted by molar-refractivity contribution is 5.67. The van der Waals surface area contributed by atoms with Crippen molar-refractivity contribution < 1.29 is 29.3 Å². The van der Waals surface area contributed by atoms with Crippen molar-refractivity contribution in [2.75, 3.05) is 6.61 Å². The van der Waals surface area contributed by atoms with Gasteiger partial charge in [-0.25, -0.2) is 0 Å². The minimum atomic E-state index is -1.17. The van der Waals surface area contributed by atoms with Gasteiger partial charge in [0.25, 0.3) is 0 Å². The molecule has 0 aromatic rings. The first-order chi connectivity index (χ1) is 8.36. The molecule has 6 heteroatoms. The topological polar surface area (TPSA) is 93.1 Å². The van der Waals surface area contributed by atoms with Crippen LogP contribution in [0.15, 0.2) is 24.8 Å². The number of hydrogen-bond acceptors (Lipinski definition) is 6. The average Bonchev–Trinajstić information content (AvgIpc) is 2.30. The standard InChI is InChI=1S/C12H18O6/c1-4-11(15)12(16)6-5-10(18-9(3)14)7-17-8(2)13/h4-6,10-12,15-16H,1,7H2,2-3H3. The molecule has 0 radical (unpaired) electrons. The van der Waals surface area contributed by atoms with Gasteiger partial charge in [0.15, 0.2) is 6.10 Å². The third kappa shape index (κ3) is 7.59. The zero-order valence-corrected chi connectivity index (χ0v) is 10.4.